The van der Waals surface area contributed by atoms with Gasteiger partial charge < -0.3 is 15.3 Å². The van der Waals surface area contributed by atoms with Crippen LogP contribution in [0.25, 0.3) is 0 Å². The maximum Gasteiger partial charge on any atom is 0.219 e. The largest absolute Gasteiger partial charge is 0.388 e. The van der Waals surface area contributed by atoms with Crippen LogP contribution < -0.4 is 5.32 Å². The maximum absolute atomic E-state index is 11.2. The highest BCUT2D eigenvalue weighted by Crippen LogP contribution is 2.17. The fourth-order valence-electron chi connectivity index (χ4n) is 1.57. The van der Waals surface area contributed by atoms with E-state index < -0.39 is 5.60 Å². The van der Waals surface area contributed by atoms with Gasteiger partial charge in [0.25, 0.3) is 0 Å². The second kappa shape index (κ2) is 6.06. The van der Waals surface area contributed by atoms with Crippen LogP contribution in [-0.4, -0.2) is 34.6 Å². The SMILES string of the molecule is CC(=O)N(C)Cc1cccc(NC(C)C(C)(C)O)c1. The van der Waals surface area contributed by atoms with Crippen molar-refractivity contribution in [1.82, 2.24) is 4.90 Å². The molecular weight excluding hydrogens is 240 g/mol. The van der Waals surface area contributed by atoms with Gasteiger partial charge in [-0.3, -0.25) is 4.79 Å². The predicted molar refractivity (Wildman–Crippen MR) is 78.0 cm³/mol. The summed E-state index contributed by atoms with van der Waals surface area (Å²) in [6.07, 6.45) is 0. The Balaban J connectivity index is 2.75. The third-order valence-corrected chi connectivity index (χ3v) is 3.33. The number of carbonyl (C=O) groups excluding carboxylic acids is 1. The Kier molecular flexibility index (Phi) is 4.95. The molecule has 0 aliphatic heterocycles. The molecule has 0 spiro atoms. The summed E-state index contributed by atoms with van der Waals surface area (Å²) in [5.41, 5.74) is 1.22. The van der Waals surface area contributed by atoms with Crippen molar-refractivity contribution in [2.45, 2.75) is 45.9 Å². The van der Waals surface area contributed by atoms with E-state index in [1.165, 1.54) is 0 Å². The van der Waals surface area contributed by atoms with Gasteiger partial charge in [0.1, 0.15) is 0 Å². The first-order valence-electron chi connectivity index (χ1n) is 6.49. The van der Waals surface area contributed by atoms with Crippen LogP contribution in [0.5, 0.6) is 0 Å². The van der Waals surface area contributed by atoms with Gasteiger partial charge in [-0.15, -0.1) is 0 Å². The van der Waals surface area contributed by atoms with Crippen LogP contribution in [0.15, 0.2) is 24.3 Å². The van der Waals surface area contributed by atoms with Crippen molar-refractivity contribution in [1.29, 1.82) is 0 Å². The molecule has 19 heavy (non-hydrogen) atoms. The molecule has 0 aliphatic rings. The molecule has 0 aliphatic carbocycles. The van der Waals surface area contributed by atoms with Crippen LogP contribution in [-0.2, 0) is 11.3 Å². The minimum Gasteiger partial charge on any atom is -0.388 e. The number of nitrogens with zero attached hydrogens (tertiary/aromatic N) is 1. The number of hydrogen-bond donors (Lipinski definition) is 2. The monoisotopic (exact) mass is 264 g/mol. The lowest BCUT2D eigenvalue weighted by Crippen LogP contribution is -2.39. The minimum atomic E-state index is -0.786. The van der Waals surface area contributed by atoms with E-state index in [1.54, 1.807) is 32.7 Å². The van der Waals surface area contributed by atoms with Crippen LogP contribution in [0.4, 0.5) is 5.69 Å². The average molecular weight is 264 g/mol. The predicted octanol–water partition coefficient (Wildman–Crippen LogP) is 2.24. The first-order valence-corrected chi connectivity index (χ1v) is 6.49. The van der Waals surface area contributed by atoms with Gasteiger partial charge in [-0.25, -0.2) is 0 Å². The highest BCUT2D eigenvalue weighted by atomic mass is 16.3. The third kappa shape index (κ3) is 4.91. The second-order valence-electron chi connectivity index (χ2n) is 5.60. The van der Waals surface area contributed by atoms with Crippen molar-refractivity contribution in [2.24, 2.45) is 0 Å². The third-order valence-electron chi connectivity index (χ3n) is 3.33. The molecule has 0 heterocycles. The van der Waals surface area contributed by atoms with Gasteiger partial charge in [0.15, 0.2) is 0 Å². The number of rotatable bonds is 5. The van der Waals surface area contributed by atoms with Crippen LogP contribution in [0.2, 0.25) is 0 Å². The number of carbonyl (C=O) groups is 1. The summed E-state index contributed by atoms with van der Waals surface area (Å²) in [7, 11) is 1.78. The van der Waals surface area contributed by atoms with Gasteiger partial charge in [-0.2, -0.15) is 0 Å². The summed E-state index contributed by atoms with van der Waals surface area (Å²) < 4.78 is 0. The average Bonchev–Trinajstić information content (AvgIpc) is 2.27. The van der Waals surface area contributed by atoms with Crippen LogP contribution in [0.3, 0.4) is 0 Å². The van der Waals surface area contributed by atoms with Crippen LogP contribution in [0.1, 0.15) is 33.3 Å². The van der Waals surface area contributed by atoms with Crippen LogP contribution in [0, 0.1) is 0 Å². The molecule has 1 atom stereocenters. The van der Waals surface area contributed by atoms with Gasteiger partial charge in [-0.1, -0.05) is 12.1 Å². The summed E-state index contributed by atoms with van der Waals surface area (Å²) in [5.74, 6) is 0.0446. The van der Waals surface area contributed by atoms with E-state index in [0.717, 1.165) is 11.3 Å². The normalized spacial score (nSPS) is 12.9. The highest BCUT2D eigenvalue weighted by molar-refractivity contribution is 5.72. The molecule has 1 amide bonds. The molecule has 0 saturated carbocycles. The lowest BCUT2D eigenvalue weighted by molar-refractivity contribution is -0.128. The molecular formula is C15H24N2O2. The first-order chi connectivity index (χ1) is 8.70. The Morgan fingerprint density at radius 1 is 1.47 bits per heavy atom. The van der Waals surface area contributed by atoms with Crippen molar-refractivity contribution < 1.29 is 9.90 Å². The molecule has 1 rings (SSSR count). The molecule has 0 fully saturated rings. The zero-order valence-electron chi connectivity index (χ0n) is 12.4. The topological polar surface area (TPSA) is 52.6 Å². The summed E-state index contributed by atoms with van der Waals surface area (Å²) in [4.78, 5) is 12.9. The van der Waals surface area contributed by atoms with Gasteiger partial charge in [0.2, 0.25) is 5.91 Å². The van der Waals surface area contributed by atoms with Gasteiger partial charge in [0.05, 0.1) is 11.6 Å². The molecule has 4 heteroatoms. The fourth-order valence-corrected chi connectivity index (χ4v) is 1.57. The van der Waals surface area contributed by atoms with Crippen molar-refractivity contribution in [3.63, 3.8) is 0 Å². The number of anilines is 1. The Labute approximate surface area is 115 Å². The molecule has 2 N–H and O–H groups in total. The lowest BCUT2D eigenvalue weighted by Gasteiger charge is -2.28. The second-order valence-corrected chi connectivity index (χ2v) is 5.60. The fraction of sp³-hybridized carbons (Fsp3) is 0.533. The van der Waals surface area contributed by atoms with E-state index in [-0.39, 0.29) is 11.9 Å². The zero-order valence-corrected chi connectivity index (χ0v) is 12.4. The minimum absolute atomic E-state index is 0.0446. The van der Waals surface area contributed by atoms with Gasteiger partial charge in [-0.05, 0) is 38.5 Å². The number of hydrogen-bond acceptors (Lipinski definition) is 3. The molecule has 0 saturated heterocycles. The molecule has 1 aromatic rings. The number of aliphatic hydroxyl groups is 1. The Morgan fingerprint density at radius 3 is 2.63 bits per heavy atom. The quantitative estimate of drug-likeness (QED) is 0.857. The molecule has 0 aromatic heterocycles. The number of nitrogens with one attached hydrogen (secondary N) is 1. The highest BCUT2D eigenvalue weighted by Gasteiger charge is 2.21. The van der Waals surface area contributed by atoms with Crippen LogP contribution >= 0.6 is 0 Å². The lowest BCUT2D eigenvalue weighted by atomic mass is 10.0. The van der Waals surface area contributed by atoms with E-state index in [9.17, 15) is 9.90 Å². The number of amides is 1. The Morgan fingerprint density at radius 2 is 2.11 bits per heavy atom. The molecule has 1 aromatic carbocycles. The van der Waals surface area contributed by atoms with E-state index in [2.05, 4.69) is 5.32 Å². The van der Waals surface area contributed by atoms with Crippen molar-refractivity contribution in [3.8, 4) is 0 Å². The Bertz CT molecular complexity index is 438. The van der Waals surface area contributed by atoms with E-state index in [4.69, 9.17) is 0 Å². The number of benzene rings is 1. The zero-order chi connectivity index (χ0) is 14.6. The van der Waals surface area contributed by atoms with E-state index in [0.29, 0.717) is 6.54 Å². The molecule has 1 unspecified atom stereocenters. The van der Waals surface area contributed by atoms with Crippen molar-refractivity contribution in [3.05, 3.63) is 29.8 Å². The van der Waals surface area contributed by atoms with Crippen molar-refractivity contribution in [2.75, 3.05) is 12.4 Å². The molecule has 106 valence electrons. The Hall–Kier alpha value is -1.55. The summed E-state index contributed by atoms with van der Waals surface area (Å²) >= 11 is 0. The standard InChI is InChI=1S/C15H24N2O2/c1-11(15(3,4)19)16-14-8-6-7-13(9-14)10-17(5)12(2)18/h6-9,11,16,19H,10H2,1-5H3. The smallest absolute Gasteiger partial charge is 0.219 e. The molecule has 0 bridgehead atoms. The maximum atomic E-state index is 11.2. The van der Waals surface area contributed by atoms with Gasteiger partial charge >= 0.3 is 0 Å². The first kappa shape index (κ1) is 15.5. The summed E-state index contributed by atoms with van der Waals surface area (Å²) in [6.45, 7) is 7.63. The van der Waals surface area contributed by atoms with Gasteiger partial charge in [0, 0.05) is 26.2 Å². The van der Waals surface area contributed by atoms with Crippen molar-refractivity contribution >= 4 is 11.6 Å². The molecule has 4 nitrogen and oxygen atoms in total. The van der Waals surface area contributed by atoms with E-state index >= 15 is 0 Å². The summed E-state index contributed by atoms with van der Waals surface area (Å²) in [6, 6.07) is 7.83. The molecule has 0 radical (unpaired) electrons. The van der Waals surface area contributed by atoms with E-state index in [1.807, 2.05) is 31.2 Å². The summed E-state index contributed by atoms with van der Waals surface area (Å²) in [5, 5.41) is 13.2.